The molecule has 0 radical (unpaired) electrons. The molecular weight excluding hydrogens is 254 g/mol. The number of halogens is 4. The first-order valence-corrected chi connectivity index (χ1v) is 4.87. The Morgan fingerprint density at radius 1 is 1.39 bits per heavy atom. The molecule has 1 aromatic rings. The highest BCUT2D eigenvalue weighted by Gasteiger charge is 2.26. The summed E-state index contributed by atoms with van der Waals surface area (Å²) in [4.78, 5) is 0. The number of nitrogens with two attached hydrogens (primary N) is 1. The predicted octanol–water partition coefficient (Wildman–Crippen LogP) is 1.57. The third-order valence-corrected chi connectivity index (χ3v) is 2.10. The van der Waals surface area contributed by atoms with Gasteiger partial charge in [-0.15, -0.1) is 0 Å². The fourth-order valence-electron chi connectivity index (χ4n) is 1.33. The minimum Gasteiger partial charge on any atom is -0.409 e. The third kappa shape index (κ3) is 4.21. The number of hydrogen-bond donors (Lipinski definition) is 3. The van der Waals surface area contributed by atoms with E-state index in [9.17, 15) is 17.6 Å². The molecule has 8 heteroatoms. The van der Waals surface area contributed by atoms with Crippen molar-refractivity contribution in [2.75, 3.05) is 6.54 Å². The van der Waals surface area contributed by atoms with E-state index in [0.717, 1.165) is 12.1 Å². The van der Waals surface area contributed by atoms with Crippen LogP contribution in [0, 0.1) is 5.82 Å². The van der Waals surface area contributed by atoms with Crippen LogP contribution in [0.2, 0.25) is 0 Å². The summed E-state index contributed by atoms with van der Waals surface area (Å²) in [5.41, 5.74) is 5.65. The van der Waals surface area contributed by atoms with Crippen LogP contribution >= 0.6 is 0 Å². The largest absolute Gasteiger partial charge is 0.409 e. The summed E-state index contributed by atoms with van der Waals surface area (Å²) in [5.74, 6) is -0.991. The van der Waals surface area contributed by atoms with Crippen molar-refractivity contribution in [1.29, 1.82) is 0 Å². The van der Waals surface area contributed by atoms with Gasteiger partial charge in [0.15, 0.2) is 5.84 Å². The lowest BCUT2D eigenvalue weighted by Gasteiger charge is -2.11. The number of nitrogens with zero attached hydrogens (tertiary/aromatic N) is 1. The van der Waals surface area contributed by atoms with Crippen LogP contribution in [0.1, 0.15) is 11.1 Å². The second kappa shape index (κ2) is 5.67. The summed E-state index contributed by atoms with van der Waals surface area (Å²) in [6.07, 6.45) is -4.34. The molecular formula is C10H11F4N3O. The van der Waals surface area contributed by atoms with Crippen molar-refractivity contribution in [2.45, 2.75) is 12.7 Å². The summed E-state index contributed by atoms with van der Waals surface area (Å²) in [6, 6.07) is 3.34. The molecule has 0 heterocycles. The number of amidine groups is 1. The lowest BCUT2D eigenvalue weighted by Crippen LogP contribution is -2.29. The molecule has 0 atom stereocenters. The van der Waals surface area contributed by atoms with Crippen LogP contribution in [-0.2, 0) is 6.54 Å². The molecule has 0 bridgehead atoms. The Morgan fingerprint density at radius 2 is 2.06 bits per heavy atom. The second-order valence-corrected chi connectivity index (χ2v) is 3.51. The summed E-state index contributed by atoms with van der Waals surface area (Å²) in [6.45, 7) is -1.36. The van der Waals surface area contributed by atoms with Crippen molar-refractivity contribution in [1.82, 2.24) is 5.32 Å². The molecule has 0 amide bonds. The number of oxime groups is 1. The number of benzene rings is 1. The highest BCUT2D eigenvalue weighted by atomic mass is 19.4. The van der Waals surface area contributed by atoms with Crippen LogP contribution < -0.4 is 11.1 Å². The second-order valence-electron chi connectivity index (χ2n) is 3.51. The van der Waals surface area contributed by atoms with E-state index in [2.05, 4.69) is 10.5 Å². The molecule has 4 N–H and O–H groups in total. The fourth-order valence-corrected chi connectivity index (χ4v) is 1.33. The average molecular weight is 265 g/mol. The zero-order valence-electron chi connectivity index (χ0n) is 9.13. The van der Waals surface area contributed by atoms with E-state index >= 15 is 0 Å². The molecule has 1 rings (SSSR count). The maximum atomic E-state index is 13.0. The Balaban J connectivity index is 2.82. The monoisotopic (exact) mass is 265 g/mol. The van der Waals surface area contributed by atoms with Gasteiger partial charge in [-0.1, -0.05) is 11.2 Å². The molecule has 0 unspecified atom stereocenters. The molecule has 0 aliphatic carbocycles. The van der Waals surface area contributed by atoms with Crippen LogP contribution in [0.5, 0.6) is 0 Å². The Morgan fingerprint density at radius 3 is 2.61 bits per heavy atom. The lowest BCUT2D eigenvalue weighted by molar-refractivity contribution is -0.125. The zero-order valence-corrected chi connectivity index (χ0v) is 9.13. The van der Waals surface area contributed by atoms with Crippen molar-refractivity contribution in [3.8, 4) is 0 Å². The molecule has 0 saturated carbocycles. The van der Waals surface area contributed by atoms with Crippen LogP contribution in [0.3, 0.4) is 0 Å². The normalized spacial score (nSPS) is 12.8. The van der Waals surface area contributed by atoms with Crippen molar-refractivity contribution in [2.24, 2.45) is 10.9 Å². The SMILES string of the molecule is NC(=NO)c1cc(F)ccc1CNCC(F)(F)F. The summed E-state index contributed by atoms with van der Waals surface area (Å²) < 4.78 is 48.8. The van der Waals surface area contributed by atoms with Gasteiger partial charge in [-0.2, -0.15) is 13.2 Å². The summed E-state index contributed by atoms with van der Waals surface area (Å²) in [7, 11) is 0. The van der Waals surface area contributed by atoms with E-state index in [1.807, 2.05) is 0 Å². The standard InChI is InChI=1S/C10H11F4N3O/c11-7-2-1-6(4-16-5-10(12,13)14)8(3-7)9(15)17-18/h1-3,16,18H,4-5H2,(H2,15,17). The molecule has 1 aromatic carbocycles. The van der Waals surface area contributed by atoms with Gasteiger partial charge in [0.1, 0.15) is 5.82 Å². The van der Waals surface area contributed by atoms with Gasteiger partial charge in [0.2, 0.25) is 0 Å². The number of nitrogens with one attached hydrogen (secondary N) is 1. The molecule has 18 heavy (non-hydrogen) atoms. The Bertz CT molecular complexity index is 445. The molecule has 0 aromatic heterocycles. The fraction of sp³-hybridized carbons (Fsp3) is 0.300. The van der Waals surface area contributed by atoms with Gasteiger partial charge in [-0.05, 0) is 17.7 Å². The Kier molecular flexibility index (Phi) is 4.49. The van der Waals surface area contributed by atoms with Crippen molar-refractivity contribution in [3.63, 3.8) is 0 Å². The number of rotatable bonds is 4. The Hall–Kier alpha value is -1.83. The summed E-state index contributed by atoms with van der Waals surface area (Å²) >= 11 is 0. The maximum absolute atomic E-state index is 13.0. The quantitative estimate of drug-likeness (QED) is 0.254. The molecule has 0 fully saturated rings. The van der Waals surface area contributed by atoms with E-state index in [1.165, 1.54) is 6.07 Å². The molecule has 100 valence electrons. The van der Waals surface area contributed by atoms with Crippen LogP contribution in [-0.4, -0.2) is 23.8 Å². The molecule has 0 spiro atoms. The third-order valence-electron chi connectivity index (χ3n) is 2.10. The molecule has 4 nitrogen and oxygen atoms in total. The highest BCUT2D eigenvalue weighted by Crippen LogP contribution is 2.14. The van der Waals surface area contributed by atoms with E-state index in [0.29, 0.717) is 5.56 Å². The van der Waals surface area contributed by atoms with Gasteiger partial charge in [-0.25, -0.2) is 4.39 Å². The predicted molar refractivity (Wildman–Crippen MR) is 56.7 cm³/mol. The smallest absolute Gasteiger partial charge is 0.401 e. The first-order chi connectivity index (χ1) is 8.33. The minimum absolute atomic E-state index is 0.0483. The van der Waals surface area contributed by atoms with Gasteiger partial charge in [0.05, 0.1) is 6.54 Å². The van der Waals surface area contributed by atoms with Crippen molar-refractivity contribution >= 4 is 5.84 Å². The number of hydrogen-bond acceptors (Lipinski definition) is 3. The highest BCUT2D eigenvalue weighted by molar-refractivity contribution is 5.98. The van der Waals surface area contributed by atoms with E-state index in [-0.39, 0.29) is 17.9 Å². The van der Waals surface area contributed by atoms with Crippen LogP contribution in [0.15, 0.2) is 23.4 Å². The minimum atomic E-state index is -4.34. The first-order valence-electron chi connectivity index (χ1n) is 4.87. The summed E-state index contributed by atoms with van der Waals surface area (Å²) in [5, 5.41) is 13.3. The maximum Gasteiger partial charge on any atom is 0.401 e. The molecule has 0 saturated heterocycles. The van der Waals surface area contributed by atoms with Gasteiger partial charge in [0, 0.05) is 12.1 Å². The van der Waals surface area contributed by atoms with Crippen LogP contribution in [0.4, 0.5) is 17.6 Å². The molecule has 0 aliphatic rings. The first kappa shape index (κ1) is 14.2. The van der Waals surface area contributed by atoms with Crippen LogP contribution in [0.25, 0.3) is 0 Å². The van der Waals surface area contributed by atoms with E-state index < -0.39 is 18.5 Å². The van der Waals surface area contributed by atoms with E-state index in [4.69, 9.17) is 10.9 Å². The van der Waals surface area contributed by atoms with Gasteiger partial charge in [-0.3, -0.25) is 0 Å². The Labute approximate surface area is 100 Å². The lowest BCUT2D eigenvalue weighted by atomic mass is 10.1. The molecule has 0 aliphatic heterocycles. The van der Waals surface area contributed by atoms with Crippen molar-refractivity contribution in [3.05, 3.63) is 35.1 Å². The van der Waals surface area contributed by atoms with Crippen molar-refractivity contribution < 1.29 is 22.8 Å². The number of alkyl halides is 3. The average Bonchev–Trinajstić information content (AvgIpc) is 2.28. The van der Waals surface area contributed by atoms with E-state index in [1.54, 1.807) is 0 Å². The zero-order chi connectivity index (χ0) is 13.8. The van der Waals surface area contributed by atoms with Gasteiger partial charge in [0.25, 0.3) is 0 Å². The van der Waals surface area contributed by atoms with Gasteiger partial charge < -0.3 is 16.3 Å². The van der Waals surface area contributed by atoms with Gasteiger partial charge >= 0.3 is 6.18 Å². The topological polar surface area (TPSA) is 70.6 Å².